The van der Waals surface area contributed by atoms with Crippen LogP contribution in [0.1, 0.15) is 49.1 Å². The molecule has 44 heavy (non-hydrogen) atoms. The Kier molecular flexibility index (Phi) is 10.00. The summed E-state index contributed by atoms with van der Waals surface area (Å²) < 4.78 is 0. The number of hydrogen-bond donors (Lipinski definition) is 4. The van der Waals surface area contributed by atoms with E-state index in [1.165, 1.54) is 36.9 Å². The number of allylic oxidation sites excluding steroid dienone is 1. The zero-order valence-electron chi connectivity index (χ0n) is 24.9. The van der Waals surface area contributed by atoms with Crippen LogP contribution in [0.4, 0.5) is 0 Å². The third-order valence-electron chi connectivity index (χ3n) is 9.28. The van der Waals surface area contributed by atoms with Gasteiger partial charge in [0, 0.05) is 59.6 Å². The van der Waals surface area contributed by atoms with Crippen LogP contribution in [0.15, 0.2) is 71.1 Å². The van der Waals surface area contributed by atoms with Gasteiger partial charge in [-0.2, -0.15) is 0 Å². The molecule has 3 aliphatic heterocycles. The molecule has 2 bridgehead atoms. The van der Waals surface area contributed by atoms with Crippen LogP contribution in [0.25, 0.3) is 0 Å². The molecule has 234 valence electrons. The van der Waals surface area contributed by atoms with Crippen LogP contribution < -0.4 is 10.6 Å². The fourth-order valence-corrected chi connectivity index (χ4v) is 7.71. The number of hydrogen-bond acceptors (Lipinski definition) is 6. The number of amides is 1. The number of nitrogens with one attached hydrogen (secondary N) is 2. The molecular formula is C33H38Cl2N4O5. The molecule has 2 fully saturated rings. The van der Waals surface area contributed by atoms with Crippen LogP contribution in [0.5, 0.6) is 0 Å². The van der Waals surface area contributed by atoms with Crippen molar-refractivity contribution in [2.45, 2.75) is 62.6 Å². The maximum absolute atomic E-state index is 13.8. The van der Waals surface area contributed by atoms with E-state index in [1.54, 1.807) is 6.07 Å². The van der Waals surface area contributed by atoms with Crippen LogP contribution in [0.3, 0.4) is 0 Å². The van der Waals surface area contributed by atoms with Crippen LogP contribution in [-0.4, -0.2) is 83.2 Å². The number of halogens is 2. The van der Waals surface area contributed by atoms with E-state index in [0.29, 0.717) is 36.8 Å². The largest absolute Gasteiger partial charge is 0.478 e. The Hall–Kier alpha value is -3.37. The highest BCUT2D eigenvalue weighted by Gasteiger charge is 2.44. The monoisotopic (exact) mass is 640 g/mol. The highest BCUT2D eigenvalue weighted by Crippen LogP contribution is 2.47. The molecule has 2 aromatic carbocycles. The molecule has 2 aromatic rings. The summed E-state index contributed by atoms with van der Waals surface area (Å²) in [5, 5.41) is 27.7. The van der Waals surface area contributed by atoms with Crippen molar-refractivity contribution in [2.24, 2.45) is 0 Å². The Morgan fingerprint density at radius 2 is 1.45 bits per heavy atom. The van der Waals surface area contributed by atoms with Gasteiger partial charge >= 0.3 is 11.9 Å². The first-order valence-electron chi connectivity index (χ1n) is 15.0. The second kappa shape index (κ2) is 13.7. The van der Waals surface area contributed by atoms with Gasteiger partial charge in [0.2, 0.25) is 0 Å². The maximum Gasteiger partial charge on any atom is 0.334 e. The predicted molar refractivity (Wildman–Crippen MR) is 170 cm³/mol. The Morgan fingerprint density at radius 3 is 2.05 bits per heavy atom. The van der Waals surface area contributed by atoms with Gasteiger partial charge < -0.3 is 30.6 Å². The van der Waals surface area contributed by atoms with Gasteiger partial charge in [0.25, 0.3) is 5.91 Å². The van der Waals surface area contributed by atoms with E-state index < -0.39 is 23.8 Å². The van der Waals surface area contributed by atoms with Crippen molar-refractivity contribution < 1.29 is 24.6 Å². The molecule has 0 radical (unpaired) electrons. The highest BCUT2D eigenvalue weighted by atomic mass is 35.5. The van der Waals surface area contributed by atoms with E-state index in [-0.39, 0.29) is 45.4 Å². The summed E-state index contributed by atoms with van der Waals surface area (Å²) in [6, 6.07) is 15.7. The first kappa shape index (κ1) is 32.0. The molecule has 0 saturated carbocycles. The lowest BCUT2D eigenvalue weighted by Gasteiger charge is -2.37. The number of piperidine rings is 1. The summed E-state index contributed by atoms with van der Waals surface area (Å²) in [5.74, 6) is -4.72. The van der Waals surface area contributed by atoms with E-state index in [4.69, 9.17) is 23.2 Å². The van der Waals surface area contributed by atoms with Crippen molar-refractivity contribution in [3.8, 4) is 0 Å². The highest BCUT2D eigenvalue weighted by molar-refractivity contribution is 6.36. The number of carboxylic acids is 2. The number of fused-ring (bicyclic) bond motifs is 2. The Morgan fingerprint density at radius 1 is 0.841 bits per heavy atom. The van der Waals surface area contributed by atoms with Crippen molar-refractivity contribution in [1.29, 1.82) is 0 Å². The van der Waals surface area contributed by atoms with Gasteiger partial charge in [0.1, 0.15) is 5.70 Å². The third-order valence-corrected chi connectivity index (χ3v) is 9.94. The molecule has 3 heterocycles. The van der Waals surface area contributed by atoms with Crippen molar-refractivity contribution in [1.82, 2.24) is 20.4 Å². The average Bonchev–Trinajstić information content (AvgIpc) is 3.18. The van der Waals surface area contributed by atoms with E-state index in [0.717, 1.165) is 18.4 Å². The van der Waals surface area contributed by atoms with Gasteiger partial charge in [0.15, 0.2) is 0 Å². The molecule has 3 unspecified atom stereocenters. The smallest absolute Gasteiger partial charge is 0.334 e. The molecule has 9 nitrogen and oxygen atoms in total. The topological polar surface area (TPSA) is 122 Å². The number of nitrogens with zero attached hydrogens (tertiary/aromatic N) is 2. The number of benzene rings is 2. The SMILES string of the molecule is CN1C(CCc2ccccc2)=C(C(=O)O)C(c2c(Cl)cccc2Cl)C(C(=O)O)=C1C(=O)NCCNC1CC2CCC(C1)N2C. The fraction of sp³-hybridized carbons (Fsp3) is 0.424. The first-order chi connectivity index (χ1) is 21.1. The lowest BCUT2D eigenvalue weighted by Crippen LogP contribution is -2.49. The zero-order valence-corrected chi connectivity index (χ0v) is 26.4. The van der Waals surface area contributed by atoms with Crippen LogP contribution >= 0.6 is 23.2 Å². The maximum atomic E-state index is 13.8. The van der Waals surface area contributed by atoms with Crippen LogP contribution in [-0.2, 0) is 20.8 Å². The molecule has 1 amide bonds. The average molecular weight is 642 g/mol. The molecule has 4 N–H and O–H groups in total. The van der Waals surface area contributed by atoms with Crippen molar-refractivity contribution in [2.75, 3.05) is 27.2 Å². The van der Waals surface area contributed by atoms with Gasteiger partial charge in [0.05, 0.1) is 17.1 Å². The Bertz CT molecular complexity index is 1460. The first-order valence-corrected chi connectivity index (χ1v) is 15.7. The lowest BCUT2D eigenvalue weighted by atomic mass is 9.78. The number of rotatable bonds is 11. The number of carbonyl (C=O) groups is 3. The molecule has 0 aliphatic carbocycles. The van der Waals surface area contributed by atoms with Gasteiger partial charge in [-0.3, -0.25) is 4.79 Å². The van der Waals surface area contributed by atoms with Crippen molar-refractivity contribution in [3.05, 3.63) is 92.2 Å². The van der Waals surface area contributed by atoms with E-state index >= 15 is 0 Å². The van der Waals surface area contributed by atoms with Gasteiger partial charge in [-0.1, -0.05) is 59.6 Å². The number of aryl methyl sites for hydroxylation is 1. The molecule has 0 aromatic heterocycles. The summed E-state index contributed by atoms with van der Waals surface area (Å²) in [4.78, 5) is 43.5. The summed E-state index contributed by atoms with van der Waals surface area (Å²) in [6.07, 6.45) is 5.26. The Labute approximate surface area is 267 Å². The summed E-state index contributed by atoms with van der Waals surface area (Å²) in [6.45, 7) is 0.799. The van der Waals surface area contributed by atoms with Gasteiger partial charge in [-0.25, -0.2) is 9.59 Å². The van der Waals surface area contributed by atoms with Gasteiger partial charge in [-0.15, -0.1) is 0 Å². The standard InChI is InChI=1S/C33H38Cl2N4O5/c1-38-21-12-13-22(38)18-20(17-21)36-15-16-37-31(40)30-29(33(43)44)28(26-23(34)9-6-10-24(26)35)27(32(41)42)25(39(30)2)14-11-19-7-4-3-5-8-19/h3-10,20-22,28,36H,11-18H2,1-2H3,(H,37,40)(H,41,42)(H,43,44). The van der Waals surface area contributed by atoms with E-state index in [1.807, 2.05) is 30.3 Å². The minimum absolute atomic E-state index is 0.114. The molecule has 5 rings (SSSR count). The summed E-state index contributed by atoms with van der Waals surface area (Å²) >= 11 is 13.1. The normalized spacial score (nSPS) is 23.7. The lowest BCUT2D eigenvalue weighted by molar-refractivity contribution is -0.134. The van der Waals surface area contributed by atoms with Crippen LogP contribution in [0.2, 0.25) is 10.0 Å². The van der Waals surface area contributed by atoms with Crippen LogP contribution in [0, 0.1) is 0 Å². The summed E-state index contributed by atoms with van der Waals surface area (Å²) in [5.41, 5.74) is 0.727. The zero-order chi connectivity index (χ0) is 31.5. The number of carbonyl (C=O) groups excluding carboxylic acids is 1. The van der Waals surface area contributed by atoms with Gasteiger partial charge in [-0.05, 0) is 63.3 Å². The molecule has 3 atom stereocenters. The van der Waals surface area contributed by atoms with Crippen molar-refractivity contribution in [3.63, 3.8) is 0 Å². The minimum atomic E-state index is -1.43. The number of carboxylic acid groups (broad SMARTS) is 2. The summed E-state index contributed by atoms with van der Waals surface area (Å²) in [7, 11) is 3.73. The quantitative estimate of drug-likeness (QED) is 0.262. The Balaban J connectivity index is 1.45. The third kappa shape index (κ3) is 6.52. The number of likely N-dealkylation sites (N-methyl/N-ethyl adjacent to an activating group) is 1. The second-order valence-corrected chi connectivity index (χ2v) is 12.6. The molecule has 0 spiro atoms. The predicted octanol–water partition coefficient (Wildman–Crippen LogP) is 4.66. The fourth-order valence-electron chi connectivity index (χ4n) is 7.09. The second-order valence-electron chi connectivity index (χ2n) is 11.8. The van der Waals surface area contributed by atoms with Crippen molar-refractivity contribution >= 4 is 41.0 Å². The minimum Gasteiger partial charge on any atom is -0.478 e. The molecule has 3 aliphatic rings. The van der Waals surface area contributed by atoms with E-state index in [2.05, 4.69) is 22.6 Å². The van der Waals surface area contributed by atoms with E-state index in [9.17, 15) is 24.6 Å². The molecule has 2 saturated heterocycles. The molecule has 11 heteroatoms. The number of aliphatic carboxylic acids is 2. The molecular weight excluding hydrogens is 603 g/mol.